The van der Waals surface area contributed by atoms with Crippen molar-refractivity contribution in [3.8, 4) is 0 Å². The third-order valence-electron chi connectivity index (χ3n) is 3.47. The highest BCUT2D eigenvalue weighted by atomic mass is 79.9. The van der Waals surface area contributed by atoms with Gasteiger partial charge in [-0.25, -0.2) is 0 Å². The molecule has 0 radical (unpaired) electrons. The Morgan fingerprint density at radius 2 is 2.24 bits per heavy atom. The van der Waals surface area contributed by atoms with Crippen LogP contribution in [0.5, 0.6) is 0 Å². The van der Waals surface area contributed by atoms with Gasteiger partial charge >= 0.3 is 0 Å². The van der Waals surface area contributed by atoms with Gasteiger partial charge in [0.15, 0.2) is 4.67 Å². The van der Waals surface area contributed by atoms with E-state index in [9.17, 15) is 0 Å². The van der Waals surface area contributed by atoms with Gasteiger partial charge in [-0.3, -0.25) is 0 Å². The van der Waals surface area contributed by atoms with Crippen molar-refractivity contribution in [1.29, 1.82) is 0 Å². The van der Waals surface area contributed by atoms with Crippen LogP contribution >= 0.6 is 31.9 Å². The Kier molecular flexibility index (Phi) is 4.37. The normalized spacial score (nSPS) is 23.9. The fourth-order valence-corrected chi connectivity index (χ4v) is 3.25. The molecular formula is C13H19Br2NO. The molecule has 0 bridgehead atoms. The van der Waals surface area contributed by atoms with E-state index in [2.05, 4.69) is 51.0 Å². The van der Waals surface area contributed by atoms with Gasteiger partial charge in [-0.15, -0.1) is 0 Å². The molecule has 1 aromatic heterocycles. The van der Waals surface area contributed by atoms with E-state index in [1.165, 1.54) is 25.7 Å². The summed E-state index contributed by atoms with van der Waals surface area (Å²) in [6.45, 7) is 5.53. The van der Waals surface area contributed by atoms with Crippen molar-refractivity contribution in [2.45, 2.75) is 52.1 Å². The summed E-state index contributed by atoms with van der Waals surface area (Å²) in [6, 6.07) is 2.65. The molecule has 1 unspecified atom stereocenters. The summed E-state index contributed by atoms with van der Waals surface area (Å²) in [4.78, 5) is 0. The topological polar surface area (TPSA) is 25.2 Å². The first-order valence-corrected chi connectivity index (χ1v) is 7.72. The minimum absolute atomic E-state index is 0.486. The smallest absolute Gasteiger partial charge is 0.183 e. The molecule has 0 saturated heterocycles. The highest BCUT2D eigenvalue weighted by Crippen LogP contribution is 2.35. The fourth-order valence-electron chi connectivity index (χ4n) is 2.60. The fraction of sp³-hybridized carbons (Fsp3) is 0.692. The van der Waals surface area contributed by atoms with Crippen LogP contribution in [0.3, 0.4) is 0 Å². The Balaban J connectivity index is 1.86. The standard InChI is InChI=1S/C13H19Br2NO/c1-13(2)5-3-4-9(7-13)16-8-10-6-11(14)12(15)17-10/h6,9,16H,3-5,7-8H2,1-2H3. The van der Waals surface area contributed by atoms with Gasteiger partial charge < -0.3 is 9.73 Å². The average Bonchev–Trinajstić information content (AvgIpc) is 2.54. The molecule has 1 aliphatic carbocycles. The van der Waals surface area contributed by atoms with Crippen LogP contribution in [-0.4, -0.2) is 6.04 Å². The molecule has 1 heterocycles. The minimum Gasteiger partial charge on any atom is -0.452 e. The molecule has 1 aromatic rings. The van der Waals surface area contributed by atoms with Crippen LogP contribution < -0.4 is 5.32 Å². The van der Waals surface area contributed by atoms with Gasteiger partial charge in [-0.2, -0.15) is 0 Å². The molecule has 0 aliphatic heterocycles. The number of furan rings is 1. The number of rotatable bonds is 3. The van der Waals surface area contributed by atoms with E-state index in [1.807, 2.05) is 6.07 Å². The van der Waals surface area contributed by atoms with E-state index >= 15 is 0 Å². The van der Waals surface area contributed by atoms with Crippen LogP contribution in [0.4, 0.5) is 0 Å². The second kappa shape index (κ2) is 5.45. The monoisotopic (exact) mass is 363 g/mol. The molecular weight excluding hydrogens is 346 g/mol. The van der Waals surface area contributed by atoms with Crippen molar-refractivity contribution in [3.05, 3.63) is 21.0 Å². The molecule has 1 fully saturated rings. The highest BCUT2D eigenvalue weighted by Gasteiger charge is 2.27. The third-order valence-corrected chi connectivity index (χ3v) is 5.18. The Hall–Kier alpha value is 0.200. The first-order chi connectivity index (χ1) is 7.96. The van der Waals surface area contributed by atoms with Gasteiger partial charge in [-0.05, 0) is 62.6 Å². The number of nitrogens with one attached hydrogen (secondary N) is 1. The van der Waals surface area contributed by atoms with Gasteiger partial charge in [0.2, 0.25) is 0 Å². The molecule has 2 nitrogen and oxygen atoms in total. The van der Waals surface area contributed by atoms with Crippen molar-refractivity contribution in [1.82, 2.24) is 5.32 Å². The van der Waals surface area contributed by atoms with E-state index < -0.39 is 0 Å². The largest absolute Gasteiger partial charge is 0.452 e. The summed E-state index contributed by atoms with van der Waals surface area (Å²) in [5.41, 5.74) is 0.486. The summed E-state index contributed by atoms with van der Waals surface area (Å²) in [7, 11) is 0. The summed E-state index contributed by atoms with van der Waals surface area (Å²) < 4.78 is 7.33. The molecule has 4 heteroatoms. The van der Waals surface area contributed by atoms with Crippen molar-refractivity contribution in [2.75, 3.05) is 0 Å². The Morgan fingerprint density at radius 1 is 1.47 bits per heavy atom. The molecule has 96 valence electrons. The molecule has 1 aliphatic rings. The van der Waals surface area contributed by atoms with Crippen LogP contribution in [-0.2, 0) is 6.54 Å². The first kappa shape index (κ1) is 13.6. The summed E-state index contributed by atoms with van der Waals surface area (Å²) in [5, 5.41) is 3.60. The molecule has 0 aromatic carbocycles. The van der Waals surface area contributed by atoms with Crippen molar-refractivity contribution >= 4 is 31.9 Å². The number of hydrogen-bond acceptors (Lipinski definition) is 2. The Bertz CT molecular complexity index is 367. The third kappa shape index (κ3) is 3.83. The predicted molar refractivity (Wildman–Crippen MR) is 77.0 cm³/mol. The van der Waals surface area contributed by atoms with E-state index in [1.54, 1.807) is 0 Å². The van der Waals surface area contributed by atoms with Crippen molar-refractivity contribution in [2.24, 2.45) is 5.41 Å². The molecule has 0 amide bonds. The maximum Gasteiger partial charge on any atom is 0.183 e. The lowest BCUT2D eigenvalue weighted by Gasteiger charge is -2.35. The van der Waals surface area contributed by atoms with Crippen LogP contribution in [0, 0.1) is 5.41 Å². The van der Waals surface area contributed by atoms with E-state index in [0.29, 0.717) is 11.5 Å². The van der Waals surface area contributed by atoms with Gasteiger partial charge in [0.1, 0.15) is 5.76 Å². The average molecular weight is 365 g/mol. The second-order valence-electron chi connectivity index (χ2n) is 5.67. The summed E-state index contributed by atoms with van der Waals surface area (Å²) in [5.74, 6) is 0.979. The zero-order chi connectivity index (χ0) is 12.5. The first-order valence-electron chi connectivity index (χ1n) is 6.13. The number of hydrogen-bond donors (Lipinski definition) is 1. The lowest BCUT2D eigenvalue weighted by molar-refractivity contribution is 0.195. The quantitative estimate of drug-likeness (QED) is 0.828. The maximum absolute atomic E-state index is 5.56. The van der Waals surface area contributed by atoms with Crippen molar-refractivity contribution < 1.29 is 4.42 Å². The van der Waals surface area contributed by atoms with Gasteiger partial charge in [-0.1, -0.05) is 20.3 Å². The SMILES string of the molecule is CC1(C)CCCC(NCc2cc(Br)c(Br)o2)C1. The van der Waals surface area contributed by atoms with Gasteiger partial charge in [0.05, 0.1) is 11.0 Å². The van der Waals surface area contributed by atoms with E-state index in [-0.39, 0.29) is 0 Å². The summed E-state index contributed by atoms with van der Waals surface area (Å²) >= 11 is 6.79. The Morgan fingerprint density at radius 3 is 2.82 bits per heavy atom. The van der Waals surface area contributed by atoms with Gasteiger partial charge in [0, 0.05) is 6.04 Å². The predicted octanol–water partition coefficient (Wildman–Crippen LogP) is 4.86. The molecule has 0 spiro atoms. The highest BCUT2D eigenvalue weighted by molar-refractivity contribution is 9.13. The zero-order valence-electron chi connectivity index (χ0n) is 10.4. The zero-order valence-corrected chi connectivity index (χ0v) is 13.5. The minimum atomic E-state index is 0.486. The molecule has 1 atom stereocenters. The van der Waals surface area contributed by atoms with E-state index in [4.69, 9.17) is 4.42 Å². The lowest BCUT2D eigenvalue weighted by Crippen LogP contribution is -2.36. The van der Waals surface area contributed by atoms with Crippen molar-refractivity contribution in [3.63, 3.8) is 0 Å². The summed E-state index contributed by atoms with van der Waals surface area (Å²) in [6.07, 6.45) is 5.22. The molecule has 2 rings (SSSR count). The molecule has 17 heavy (non-hydrogen) atoms. The van der Waals surface area contributed by atoms with Crippen LogP contribution in [0.15, 0.2) is 19.6 Å². The maximum atomic E-state index is 5.56. The van der Waals surface area contributed by atoms with E-state index in [0.717, 1.165) is 21.4 Å². The van der Waals surface area contributed by atoms with Gasteiger partial charge in [0.25, 0.3) is 0 Å². The van der Waals surface area contributed by atoms with Crippen LogP contribution in [0.25, 0.3) is 0 Å². The molecule has 1 saturated carbocycles. The Labute approximate surface area is 120 Å². The molecule has 1 N–H and O–H groups in total. The number of halogens is 2. The second-order valence-corrected chi connectivity index (χ2v) is 7.25. The van der Waals surface area contributed by atoms with Crippen LogP contribution in [0.1, 0.15) is 45.3 Å². The lowest BCUT2D eigenvalue weighted by atomic mass is 9.75. The van der Waals surface area contributed by atoms with Crippen LogP contribution in [0.2, 0.25) is 0 Å².